The van der Waals surface area contributed by atoms with Crippen molar-refractivity contribution in [3.8, 4) is 0 Å². The minimum absolute atomic E-state index is 0.418. The molecule has 2 nitrogen and oxygen atoms in total. The van der Waals surface area contributed by atoms with E-state index in [1.807, 2.05) is 24.3 Å². The quantitative estimate of drug-likeness (QED) is 0.871. The van der Waals surface area contributed by atoms with Crippen LogP contribution in [-0.2, 0) is 6.42 Å². The molecular weight excluding hydrogens is 212 g/mol. The van der Waals surface area contributed by atoms with Gasteiger partial charge in [-0.2, -0.15) is 0 Å². The van der Waals surface area contributed by atoms with Gasteiger partial charge in [0, 0.05) is 6.42 Å². The molecule has 0 amide bonds. The van der Waals surface area contributed by atoms with Crippen molar-refractivity contribution in [1.82, 2.24) is 0 Å². The highest BCUT2D eigenvalue weighted by Gasteiger charge is 2.09. The SMILES string of the molecule is Cc1cc(C)cc(C(O)CCc2ccco2)c1. The highest BCUT2D eigenvalue weighted by molar-refractivity contribution is 5.29. The minimum Gasteiger partial charge on any atom is -0.469 e. The van der Waals surface area contributed by atoms with Crippen LogP contribution in [0.25, 0.3) is 0 Å². The fraction of sp³-hybridized carbons (Fsp3) is 0.333. The Morgan fingerprint density at radius 1 is 1.18 bits per heavy atom. The number of furan rings is 1. The summed E-state index contributed by atoms with van der Waals surface area (Å²) < 4.78 is 5.26. The fourth-order valence-electron chi connectivity index (χ4n) is 2.10. The van der Waals surface area contributed by atoms with E-state index in [-0.39, 0.29) is 0 Å². The van der Waals surface area contributed by atoms with Crippen LogP contribution in [0, 0.1) is 13.8 Å². The van der Waals surface area contributed by atoms with Crippen molar-refractivity contribution >= 4 is 0 Å². The van der Waals surface area contributed by atoms with Crippen LogP contribution in [0.15, 0.2) is 41.0 Å². The Morgan fingerprint density at radius 3 is 2.47 bits per heavy atom. The number of benzene rings is 1. The summed E-state index contributed by atoms with van der Waals surface area (Å²) in [5.41, 5.74) is 3.38. The van der Waals surface area contributed by atoms with Gasteiger partial charge >= 0.3 is 0 Å². The van der Waals surface area contributed by atoms with Crippen molar-refractivity contribution < 1.29 is 9.52 Å². The molecule has 1 unspecified atom stereocenters. The average molecular weight is 230 g/mol. The third kappa shape index (κ3) is 3.21. The monoisotopic (exact) mass is 230 g/mol. The number of hydrogen-bond acceptors (Lipinski definition) is 2. The number of rotatable bonds is 4. The molecule has 2 aromatic rings. The third-order valence-electron chi connectivity index (χ3n) is 2.87. The Morgan fingerprint density at radius 2 is 1.88 bits per heavy atom. The second kappa shape index (κ2) is 5.19. The molecule has 1 heterocycles. The lowest BCUT2D eigenvalue weighted by atomic mass is 10.00. The molecule has 0 aliphatic carbocycles. The molecule has 2 heteroatoms. The molecule has 0 bridgehead atoms. The van der Waals surface area contributed by atoms with Crippen LogP contribution in [0.2, 0.25) is 0 Å². The first kappa shape index (κ1) is 11.9. The molecule has 0 aliphatic rings. The maximum Gasteiger partial charge on any atom is 0.103 e. The van der Waals surface area contributed by atoms with Crippen LogP contribution in [0.3, 0.4) is 0 Å². The molecule has 0 saturated carbocycles. The summed E-state index contributed by atoms with van der Waals surface area (Å²) in [7, 11) is 0. The van der Waals surface area contributed by atoms with Crippen molar-refractivity contribution in [2.24, 2.45) is 0 Å². The Balaban J connectivity index is 2.01. The summed E-state index contributed by atoms with van der Waals surface area (Å²) in [6.07, 6.45) is 2.70. The summed E-state index contributed by atoms with van der Waals surface area (Å²) in [6, 6.07) is 10.0. The van der Waals surface area contributed by atoms with Gasteiger partial charge in [-0.3, -0.25) is 0 Å². The van der Waals surface area contributed by atoms with Gasteiger partial charge in [0.2, 0.25) is 0 Å². The largest absolute Gasteiger partial charge is 0.469 e. The molecule has 17 heavy (non-hydrogen) atoms. The van der Waals surface area contributed by atoms with Crippen LogP contribution in [0.4, 0.5) is 0 Å². The highest BCUT2D eigenvalue weighted by atomic mass is 16.3. The van der Waals surface area contributed by atoms with E-state index in [4.69, 9.17) is 4.42 Å². The second-order valence-electron chi connectivity index (χ2n) is 4.55. The van der Waals surface area contributed by atoms with E-state index >= 15 is 0 Å². The Bertz CT molecular complexity index is 451. The normalized spacial score (nSPS) is 12.6. The van der Waals surface area contributed by atoms with Crippen molar-refractivity contribution in [1.29, 1.82) is 0 Å². The maximum atomic E-state index is 10.1. The number of aliphatic hydroxyl groups is 1. The third-order valence-corrected chi connectivity index (χ3v) is 2.87. The van der Waals surface area contributed by atoms with E-state index in [1.54, 1.807) is 6.26 Å². The van der Waals surface area contributed by atoms with Crippen molar-refractivity contribution in [3.63, 3.8) is 0 Å². The van der Waals surface area contributed by atoms with Gasteiger partial charge in [-0.15, -0.1) is 0 Å². The zero-order valence-corrected chi connectivity index (χ0v) is 10.3. The Kier molecular flexibility index (Phi) is 3.64. The lowest BCUT2D eigenvalue weighted by molar-refractivity contribution is 0.165. The standard InChI is InChI=1S/C15H18O2/c1-11-8-12(2)10-13(9-11)15(16)6-5-14-4-3-7-17-14/h3-4,7-10,15-16H,5-6H2,1-2H3. The van der Waals surface area contributed by atoms with Gasteiger partial charge in [0.05, 0.1) is 12.4 Å². The molecule has 1 atom stereocenters. The Hall–Kier alpha value is -1.54. The van der Waals surface area contributed by atoms with Gasteiger partial charge in [0.1, 0.15) is 5.76 Å². The molecule has 0 radical (unpaired) electrons. The van der Waals surface area contributed by atoms with E-state index in [2.05, 4.69) is 19.9 Å². The van der Waals surface area contributed by atoms with E-state index in [9.17, 15) is 5.11 Å². The van der Waals surface area contributed by atoms with Gasteiger partial charge in [-0.25, -0.2) is 0 Å². The number of aryl methyl sites for hydroxylation is 3. The predicted molar refractivity (Wildman–Crippen MR) is 67.9 cm³/mol. The number of aliphatic hydroxyl groups excluding tert-OH is 1. The summed E-state index contributed by atoms with van der Waals surface area (Å²) >= 11 is 0. The van der Waals surface area contributed by atoms with Crippen molar-refractivity contribution in [2.45, 2.75) is 32.8 Å². The molecule has 0 saturated heterocycles. The fourth-order valence-corrected chi connectivity index (χ4v) is 2.10. The van der Waals surface area contributed by atoms with Crippen LogP contribution < -0.4 is 0 Å². The smallest absolute Gasteiger partial charge is 0.103 e. The summed E-state index contributed by atoms with van der Waals surface area (Å²) in [5, 5.41) is 10.1. The molecule has 1 aromatic carbocycles. The van der Waals surface area contributed by atoms with E-state index in [1.165, 1.54) is 11.1 Å². The summed E-state index contributed by atoms with van der Waals surface area (Å²) in [6.45, 7) is 4.10. The second-order valence-corrected chi connectivity index (χ2v) is 4.55. The van der Waals surface area contributed by atoms with Crippen molar-refractivity contribution in [2.75, 3.05) is 0 Å². The summed E-state index contributed by atoms with van der Waals surface area (Å²) in [5.74, 6) is 0.924. The van der Waals surface area contributed by atoms with Crippen LogP contribution >= 0.6 is 0 Å². The van der Waals surface area contributed by atoms with E-state index < -0.39 is 6.10 Å². The molecule has 0 spiro atoms. The van der Waals surface area contributed by atoms with Gasteiger partial charge in [0.25, 0.3) is 0 Å². The van der Waals surface area contributed by atoms with Crippen LogP contribution in [-0.4, -0.2) is 5.11 Å². The molecule has 0 aliphatic heterocycles. The first-order chi connectivity index (χ1) is 8.15. The molecule has 2 rings (SSSR count). The van der Waals surface area contributed by atoms with Gasteiger partial charge in [0.15, 0.2) is 0 Å². The zero-order valence-electron chi connectivity index (χ0n) is 10.3. The lowest BCUT2D eigenvalue weighted by Gasteiger charge is -2.12. The molecule has 90 valence electrons. The van der Waals surface area contributed by atoms with Gasteiger partial charge in [-0.1, -0.05) is 29.3 Å². The zero-order chi connectivity index (χ0) is 12.3. The minimum atomic E-state index is -0.418. The Labute approximate surface area is 102 Å². The first-order valence-electron chi connectivity index (χ1n) is 5.94. The van der Waals surface area contributed by atoms with Crippen LogP contribution in [0.5, 0.6) is 0 Å². The van der Waals surface area contributed by atoms with Crippen LogP contribution in [0.1, 0.15) is 35.0 Å². The summed E-state index contributed by atoms with van der Waals surface area (Å²) in [4.78, 5) is 0. The average Bonchev–Trinajstić information content (AvgIpc) is 2.77. The molecule has 1 aromatic heterocycles. The van der Waals surface area contributed by atoms with E-state index in [0.29, 0.717) is 6.42 Å². The number of hydrogen-bond donors (Lipinski definition) is 1. The molecular formula is C15H18O2. The van der Waals surface area contributed by atoms with Gasteiger partial charge in [-0.05, 0) is 38.0 Å². The van der Waals surface area contributed by atoms with E-state index in [0.717, 1.165) is 17.7 Å². The molecule has 0 fully saturated rings. The molecule has 1 N–H and O–H groups in total. The predicted octanol–water partition coefficient (Wildman–Crippen LogP) is 3.56. The van der Waals surface area contributed by atoms with Gasteiger partial charge < -0.3 is 9.52 Å². The highest BCUT2D eigenvalue weighted by Crippen LogP contribution is 2.21. The lowest BCUT2D eigenvalue weighted by Crippen LogP contribution is -2.00. The topological polar surface area (TPSA) is 33.4 Å². The van der Waals surface area contributed by atoms with Crippen molar-refractivity contribution in [3.05, 3.63) is 59.0 Å². The maximum absolute atomic E-state index is 10.1. The first-order valence-corrected chi connectivity index (χ1v) is 5.94.